The third-order valence-electron chi connectivity index (χ3n) is 6.87. The molecule has 10 heteroatoms. The maximum atomic E-state index is 13.6. The highest BCUT2D eigenvalue weighted by molar-refractivity contribution is 7.92. The molecule has 1 aliphatic carbocycles. The van der Waals surface area contributed by atoms with Crippen molar-refractivity contribution in [3.05, 3.63) is 64.1 Å². The number of sulfonamides is 1. The summed E-state index contributed by atoms with van der Waals surface area (Å²) in [6, 6.07) is 13.3. The molecule has 0 spiro atoms. The van der Waals surface area contributed by atoms with Crippen LogP contribution in [0.4, 0.5) is 5.69 Å². The van der Waals surface area contributed by atoms with Crippen molar-refractivity contribution in [3.63, 3.8) is 0 Å². The van der Waals surface area contributed by atoms with Crippen LogP contribution in [-0.2, 0) is 26.2 Å². The summed E-state index contributed by atoms with van der Waals surface area (Å²) in [4.78, 5) is 28.5. The van der Waals surface area contributed by atoms with E-state index in [1.54, 1.807) is 41.3 Å². The molecule has 1 aliphatic rings. The monoisotopic (exact) mass is 581 g/mol. The highest BCUT2D eigenvalue weighted by Gasteiger charge is 2.30. The zero-order chi connectivity index (χ0) is 27.7. The Morgan fingerprint density at radius 3 is 2.11 bits per heavy atom. The second-order valence-corrected chi connectivity index (χ2v) is 12.6. The number of carbonyl (C=O) groups excluding carboxylic acids is 2. The number of rotatable bonds is 12. The predicted octanol–water partition coefficient (Wildman–Crippen LogP) is 5.80. The van der Waals surface area contributed by atoms with Gasteiger partial charge in [-0.3, -0.25) is 13.9 Å². The van der Waals surface area contributed by atoms with Gasteiger partial charge in [0.1, 0.15) is 6.04 Å². The Hall–Kier alpha value is -2.29. The van der Waals surface area contributed by atoms with Crippen LogP contribution in [0.25, 0.3) is 0 Å². The second-order valence-electron chi connectivity index (χ2n) is 9.83. The highest BCUT2D eigenvalue weighted by atomic mass is 35.5. The third kappa shape index (κ3) is 8.89. The van der Waals surface area contributed by atoms with Gasteiger partial charge in [-0.1, -0.05) is 61.5 Å². The van der Waals surface area contributed by atoms with Crippen LogP contribution in [-0.4, -0.2) is 50.0 Å². The Kier molecular flexibility index (Phi) is 11.3. The summed E-state index contributed by atoms with van der Waals surface area (Å²) in [7, 11) is -3.56. The molecule has 0 heterocycles. The summed E-state index contributed by atoms with van der Waals surface area (Å²) < 4.78 is 26.2. The molecule has 1 N–H and O–H groups in total. The quantitative estimate of drug-likeness (QED) is 0.343. The van der Waals surface area contributed by atoms with E-state index in [2.05, 4.69) is 5.32 Å². The molecule has 0 saturated heterocycles. The minimum atomic E-state index is -3.56. The molecule has 2 amide bonds. The van der Waals surface area contributed by atoms with Crippen molar-refractivity contribution < 1.29 is 18.0 Å². The Morgan fingerprint density at radius 2 is 1.55 bits per heavy atom. The van der Waals surface area contributed by atoms with E-state index in [4.69, 9.17) is 23.2 Å². The molecular formula is C28H37Cl2N3O4S. The normalized spacial score (nSPS) is 15.1. The number of carbonyl (C=O) groups is 2. The Morgan fingerprint density at radius 1 is 0.974 bits per heavy atom. The first-order valence-electron chi connectivity index (χ1n) is 13.2. The van der Waals surface area contributed by atoms with E-state index < -0.39 is 16.1 Å². The van der Waals surface area contributed by atoms with Crippen LogP contribution in [0.1, 0.15) is 63.9 Å². The average Bonchev–Trinajstić information content (AvgIpc) is 2.88. The lowest BCUT2D eigenvalue weighted by Crippen LogP contribution is -2.51. The summed E-state index contributed by atoms with van der Waals surface area (Å²) in [5.41, 5.74) is 1.35. The van der Waals surface area contributed by atoms with Gasteiger partial charge in [0.05, 0.1) is 11.9 Å². The maximum Gasteiger partial charge on any atom is 0.243 e. The lowest BCUT2D eigenvalue weighted by atomic mass is 9.95. The molecular weight excluding hydrogens is 545 g/mol. The molecule has 1 fully saturated rings. The molecule has 0 aliphatic heterocycles. The summed E-state index contributed by atoms with van der Waals surface area (Å²) in [5, 5.41) is 4.27. The fraction of sp³-hybridized carbons (Fsp3) is 0.500. The number of nitrogens with zero attached hydrogens (tertiary/aromatic N) is 2. The van der Waals surface area contributed by atoms with Crippen LogP contribution in [0, 0.1) is 0 Å². The molecule has 38 heavy (non-hydrogen) atoms. The number of benzene rings is 2. The molecule has 0 unspecified atom stereocenters. The number of nitrogens with one attached hydrogen (secondary N) is 1. The van der Waals surface area contributed by atoms with Crippen LogP contribution in [0.15, 0.2) is 48.5 Å². The van der Waals surface area contributed by atoms with Crippen LogP contribution < -0.4 is 9.62 Å². The first kappa shape index (κ1) is 30.3. The molecule has 0 aromatic heterocycles. The van der Waals surface area contributed by atoms with E-state index >= 15 is 0 Å². The van der Waals surface area contributed by atoms with Crippen molar-refractivity contribution in [3.8, 4) is 0 Å². The highest BCUT2D eigenvalue weighted by Crippen LogP contribution is 2.23. The molecule has 208 valence electrons. The van der Waals surface area contributed by atoms with E-state index in [1.807, 2.05) is 19.1 Å². The second kappa shape index (κ2) is 14.2. The molecule has 0 bridgehead atoms. The van der Waals surface area contributed by atoms with Gasteiger partial charge in [-0.05, 0) is 67.6 Å². The van der Waals surface area contributed by atoms with Gasteiger partial charge in [0.25, 0.3) is 0 Å². The SMILES string of the molecule is CC[C@@H](C(=O)NC1CCCCC1)N(Cc1ccc(Cl)cc1)C(=O)CCCN(c1ccc(Cl)cc1)S(C)(=O)=O. The van der Waals surface area contributed by atoms with Gasteiger partial charge < -0.3 is 10.2 Å². The largest absolute Gasteiger partial charge is 0.352 e. The summed E-state index contributed by atoms with van der Waals surface area (Å²) >= 11 is 12.0. The maximum absolute atomic E-state index is 13.6. The van der Waals surface area contributed by atoms with Gasteiger partial charge in [-0.15, -0.1) is 0 Å². The molecule has 2 aromatic carbocycles. The van der Waals surface area contributed by atoms with Crippen molar-refractivity contribution in [2.24, 2.45) is 0 Å². The summed E-state index contributed by atoms with van der Waals surface area (Å²) in [5.74, 6) is -0.337. The van der Waals surface area contributed by atoms with Crippen molar-refractivity contribution in [2.45, 2.75) is 76.9 Å². The van der Waals surface area contributed by atoms with E-state index in [0.29, 0.717) is 28.6 Å². The number of amides is 2. The molecule has 0 radical (unpaired) electrons. The van der Waals surface area contributed by atoms with Gasteiger partial charge in [-0.2, -0.15) is 0 Å². The van der Waals surface area contributed by atoms with Crippen molar-refractivity contribution in [1.29, 1.82) is 0 Å². The number of anilines is 1. The lowest BCUT2D eigenvalue weighted by molar-refractivity contribution is -0.141. The van der Waals surface area contributed by atoms with E-state index in [-0.39, 0.29) is 37.4 Å². The van der Waals surface area contributed by atoms with Gasteiger partial charge in [0.15, 0.2) is 0 Å². The van der Waals surface area contributed by atoms with Gasteiger partial charge in [-0.25, -0.2) is 8.42 Å². The minimum Gasteiger partial charge on any atom is -0.352 e. The minimum absolute atomic E-state index is 0.0976. The summed E-state index contributed by atoms with van der Waals surface area (Å²) in [6.45, 7) is 2.30. The fourth-order valence-corrected chi connectivity index (χ4v) is 6.08. The zero-order valence-electron chi connectivity index (χ0n) is 22.0. The van der Waals surface area contributed by atoms with Crippen LogP contribution >= 0.6 is 23.2 Å². The number of hydrogen-bond acceptors (Lipinski definition) is 4. The standard InChI is InChI=1S/C28H37Cl2N3O4S/c1-3-26(28(35)31-24-8-5-4-6-9-24)32(20-21-11-13-22(29)14-12-21)27(34)10-7-19-33(38(2,36)37)25-17-15-23(30)16-18-25/h11-18,24,26H,3-10,19-20H2,1-2H3,(H,31,35)/t26-/m0/s1. The molecule has 1 atom stereocenters. The first-order valence-corrected chi connectivity index (χ1v) is 15.8. The van der Waals surface area contributed by atoms with Crippen molar-refractivity contribution in [1.82, 2.24) is 10.2 Å². The fourth-order valence-electron chi connectivity index (χ4n) is 4.86. The Labute approximate surface area is 236 Å². The smallest absolute Gasteiger partial charge is 0.243 e. The molecule has 3 rings (SSSR count). The topological polar surface area (TPSA) is 86.8 Å². The van der Waals surface area contributed by atoms with E-state index in [9.17, 15) is 18.0 Å². The van der Waals surface area contributed by atoms with Gasteiger partial charge in [0.2, 0.25) is 21.8 Å². The van der Waals surface area contributed by atoms with Crippen LogP contribution in [0.2, 0.25) is 10.0 Å². The average molecular weight is 583 g/mol. The van der Waals surface area contributed by atoms with Gasteiger partial charge >= 0.3 is 0 Å². The molecule has 2 aromatic rings. The van der Waals surface area contributed by atoms with Crippen molar-refractivity contribution >= 4 is 50.7 Å². The molecule has 1 saturated carbocycles. The van der Waals surface area contributed by atoms with E-state index in [1.165, 1.54) is 10.7 Å². The van der Waals surface area contributed by atoms with Crippen LogP contribution in [0.5, 0.6) is 0 Å². The number of halogens is 2. The van der Waals surface area contributed by atoms with Crippen LogP contribution in [0.3, 0.4) is 0 Å². The lowest BCUT2D eigenvalue weighted by Gasteiger charge is -2.33. The van der Waals surface area contributed by atoms with Gasteiger partial charge in [0, 0.05) is 35.6 Å². The third-order valence-corrected chi connectivity index (χ3v) is 8.57. The van der Waals surface area contributed by atoms with E-state index in [0.717, 1.165) is 37.5 Å². The predicted molar refractivity (Wildman–Crippen MR) is 154 cm³/mol. The van der Waals surface area contributed by atoms with Crippen molar-refractivity contribution in [2.75, 3.05) is 17.1 Å². The Bertz CT molecular complexity index is 1170. The number of hydrogen-bond donors (Lipinski definition) is 1. The first-order chi connectivity index (χ1) is 18.1. The zero-order valence-corrected chi connectivity index (χ0v) is 24.4. The Balaban J connectivity index is 1.74. The summed E-state index contributed by atoms with van der Waals surface area (Å²) in [6.07, 6.45) is 7.30. The molecule has 7 nitrogen and oxygen atoms in total.